The number of rotatable bonds is 7. The van der Waals surface area contributed by atoms with Crippen LogP contribution in [0.5, 0.6) is 0 Å². The number of fused-ring (bicyclic) bond motifs is 1. The van der Waals surface area contributed by atoms with Crippen molar-refractivity contribution in [3.8, 4) is 0 Å². The molecule has 1 aliphatic rings. The molecular formula is C21H33BN2O5Si. The number of carbonyl (C=O) groups is 1. The summed E-state index contributed by atoms with van der Waals surface area (Å²) in [4.78, 5) is 16.5. The predicted octanol–water partition coefficient (Wildman–Crippen LogP) is 3.43. The van der Waals surface area contributed by atoms with Crippen molar-refractivity contribution in [1.29, 1.82) is 0 Å². The molecule has 2 aromatic rings. The minimum absolute atomic E-state index is 0.256. The molecular weight excluding hydrogens is 399 g/mol. The molecule has 0 atom stereocenters. The van der Waals surface area contributed by atoms with E-state index in [2.05, 4.69) is 24.6 Å². The average Bonchev–Trinajstić information content (AvgIpc) is 3.10. The van der Waals surface area contributed by atoms with Crippen molar-refractivity contribution in [3.05, 3.63) is 24.0 Å². The molecule has 3 heterocycles. The van der Waals surface area contributed by atoms with E-state index < -0.39 is 32.4 Å². The maximum atomic E-state index is 12.0. The number of esters is 1. The fourth-order valence-electron chi connectivity index (χ4n) is 3.21. The Morgan fingerprint density at radius 2 is 1.80 bits per heavy atom. The largest absolute Gasteiger partial charge is 0.497 e. The van der Waals surface area contributed by atoms with Crippen LogP contribution in [0.15, 0.2) is 18.3 Å². The summed E-state index contributed by atoms with van der Waals surface area (Å²) in [5, 5.41) is 0.870. The number of carbonyl (C=O) groups excluding carboxylic acids is 1. The highest BCUT2D eigenvalue weighted by molar-refractivity contribution is 6.76. The number of hydrogen-bond acceptors (Lipinski definition) is 6. The first-order valence-corrected chi connectivity index (χ1v) is 14.1. The number of pyridine rings is 1. The van der Waals surface area contributed by atoms with E-state index >= 15 is 0 Å². The molecule has 1 saturated heterocycles. The monoisotopic (exact) mass is 432 g/mol. The highest BCUT2D eigenvalue weighted by Crippen LogP contribution is 2.37. The summed E-state index contributed by atoms with van der Waals surface area (Å²) >= 11 is 0. The van der Waals surface area contributed by atoms with Crippen molar-refractivity contribution < 1.29 is 23.6 Å². The van der Waals surface area contributed by atoms with Crippen LogP contribution in [-0.2, 0) is 25.5 Å². The molecule has 0 spiro atoms. The Morgan fingerprint density at radius 3 is 2.37 bits per heavy atom. The van der Waals surface area contributed by atoms with Crippen molar-refractivity contribution in [1.82, 2.24) is 9.55 Å². The van der Waals surface area contributed by atoms with Gasteiger partial charge in [-0.2, -0.15) is 0 Å². The van der Waals surface area contributed by atoms with E-state index in [-0.39, 0.29) is 5.69 Å². The minimum atomic E-state index is -1.18. The third kappa shape index (κ3) is 4.64. The summed E-state index contributed by atoms with van der Waals surface area (Å²) in [5.74, 6) is -0.471. The van der Waals surface area contributed by atoms with E-state index in [4.69, 9.17) is 18.8 Å². The second kappa shape index (κ2) is 8.11. The van der Waals surface area contributed by atoms with Crippen LogP contribution in [0.3, 0.4) is 0 Å². The molecule has 164 valence electrons. The van der Waals surface area contributed by atoms with Crippen LogP contribution < -0.4 is 5.46 Å². The predicted molar refractivity (Wildman–Crippen MR) is 121 cm³/mol. The standard InChI is InChI=1S/C21H33BN2O5Si/c1-20(2)21(3,4)29-22(28-20)16-13-24(14-27-11-12-30(6,7)8)18-15(16)9-10-17(23-18)19(25)26-5/h9-10,13H,11-12,14H2,1-8H3. The SMILES string of the molecule is COC(=O)c1ccc2c(B3OC(C)(C)C(C)(C)O3)cn(COCC[Si](C)(C)C)c2n1. The van der Waals surface area contributed by atoms with Gasteiger partial charge in [-0.05, 0) is 45.9 Å². The van der Waals surface area contributed by atoms with E-state index in [9.17, 15) is 4.79 Å². The molecule has 0 amide bonds. The van der Waals surface area contributed by atoms with Crippen LogP contribution in [0.25, 0.3) is 11.0 Å². The molecule has 0 aromatic carbocycles. The van der Waals surface area contributed by atoms with Crippen LogP contribution in [0.4, 0.5) is 0 Å². The van der Waals surface area contributed by atoms with Crippen molar-refractivity contribution in [2.45, 2.75) is 71.3 Å². The van der Waals surface area contributed by atoms with Crippen LogP contribution in [0.1, 0.15) is 38.2 Å². The molecule has 1 fully saturated rings. The lowest BCUT2D eigenvalue weighted by molar-refractivity contribution is 0.00578. The van der Waals surface area contributed by atoms with Crippen molar-refractivity contribution in [2.24, 2.45) is 0 Å². The minimum Gasteiger partial charge on any atom is -0.464 e. The summed E-state index contributed by atoms with van der Waals surface area (Å²) in [7, 11) is -0.349. The Hall–Kier alpha value is -1.68. The van der Waals surface area contributed by atoms with Crippen molar-refractivity contribution >= 4 is 37.7 Å². The lowest BCUT2D eigenvalue weighted by Crippen LogP contribution is -2.41. The van der Waals surface area contributed by atoms with Crippen LogP contribution >= 0.6 is 0 Å². The number of methoxy groups -OCH3 is 1. The molecule has 30 heavy (non-hydrogen) atoms. The van der Waals surface area contributed by atoms with E-state index in [1.54, 1.807) is 6.07 Å². The summed E-state index contributed by atoms with van der Waals surface area (Å²) in [6.45, 7) is 16.1. The van der Waals surface area contributed by atoms with E-state index in [1.165, 1.54) is 7.11 Å². The van der Waals surface area contributed by atoms with Gasteiger partial charge in [0.15, 0.2) is 5.69 Å². The zero-order valence-electron chi connectivity index (χ0n) is 19.4. The molecule has 0 aliphatic carbocycles. The third-order valence-electron chi connectivity index (χ3n) is 5.88. The van der Waals surface area contributed by atoms with E-state index in [1.807, 2.05) is 44.5 Å². The number of aromatic nitrogens is 2. The van der Waals surface area contributed by atoms with Gasteiger partial charge in [-0.1, -0.05) is 19.6 Å². The van der Waals surface area contributed by atoms with Gasteiger partial charge in [-0.3, -0.25) is 0 Å². The lowest BCUT2D eigenvalue weighted by atomic mass is 9.79. The van der Waals surface area contributed by atoms with Gasteiger partial charge in [0.25, 0.3) is 0 Å². The molecule has 0 unspecified atom stereocenters. The number of nitrogens with zero attached hydrogens (tertiary/aromatic N) is 2. The Bertz CT molecular complexity index is 919. The number of hydrogen-bond donors (Lipinski definition) is 0. The highest BCUT2D eigenvalue weighted by Gasteiger charge is 2.52. The zero-order valence-corrected chi connectivity index (χ0v) is 20.4. The second-order valence-electron chi connectivity index (χ2n) is 10.0. The van der Waals surface area contributed by atoms with Crippen molar-refractivity contribution in [2.75, 3.05) is 13.7 Å². The van der Waals surface area contributed by atoms with Gasteiger partial charge in [0, 0.05) is 31.7 Å². The third-order valence-corrected chi connectivity index (χ3v) is 7.59. The van der Waals surface area contributed by atoms with Gasteiger partial charge >= 0.3 is 13.1 Å². The van der Waals surface area contributed by atoms with Crippen LogP contribution in [-0.4, -0.2) is 55.6 Å². The maximum absolute atomic E-state index is 12.0. The molecule has 0 N–H and O–H groups in total. The molecule has 7 nitrogen and oxygen atoms in total. The van der Waals surface area contributed by atoms with Gasteiger partial charge in [-0.25, -0.2) is 9.78 Å². The van der Waals surface area contributed by atoms with Gasteiger partial charge in [0.05, 0.1) is 18.3 Å². The number of ether oxygens (including phenoxy) is 2. The molecule has 3 rings (SSSR count). The van der Waals surface area contributed by atoms with Gasteiger partial charge in [0.1, 0.15) is 12.4 Å². The van der Waals surface area contributed by atoms with Crippen LogP contribution in [0.2, 0.25) is 25.7 Å². The Balaban J connectivity index is 1.95. The molecule has 2 aromatic heterocycles. The topological polar surface area (TPSA) is 71.8 Å². The smallest absolute Gasteiger partial charge is 0.464 e. The molecule has 0 radical (unpaired) electrons. The molecule has 9 heteroatoms. The Morgan fingerprint density at radius 1 is 1.17 bits per heavy atom. The summed E-state index contributed by atoms with van der Waals surface area (Å²) < 4.78 is 25.2. The second-order valence-corrected chi connectivity index (χ2v) is 15.7. The summed E-state index contributed by atoms with van der Waals surface area (Å²) in [5.41, 5.74) is 0.891. The fourth-order valence-corrected chi connectivity index (χ4v) is 3.96. The van der Waals surface area contributed by atoms with E-state index in [0.29, 0.717) is 19.0 Å². The Kier molecular flexibility index (Phi) is 6.21. The normalized spacial score (nSPS) is 18.2. The maximum Gasteiger partial charge on any atom is 0.497 e. The molecule has 1 aliphatic heterocycles. The summed E-state index contributed by atoms with van der Waals surface area (Å²) in [6.07, 6.45) is 1.95. The molecule has 0 bridgehead atoms. The average molecular weight is 432 g/mol. The zero-order chi connectivity index (χ0) is 22.3. The van der Waals surface area contributed by atoms with Gasteiger partial charge in [-0.15, -0.1) is 0 Å². The van der Waals surface area contributed by atoms with Crippen molar-refractivity contribution in [3.63, 3.8) is 0 Å². The van der Waals surface area contributed by atoms with Gasteiger partial charge < -0.3 is 23.3 Å². The lowest BCUT2D eigenvalue weighted by Gasteiger charge is -2.32. The van der Waals surface area contributed by atoms with Crippen LogP contribution in [0, 0.1) is 0 Å². The highest BCUT2D eigenvalue weighted by atomic mass is 28.3. The van der Waals surface area contributed by atoms with E-state index in [0.717, 1.165) is 16.9 Å². The summed E-state index contributed by atoms with van der Waals surface area (Å²) in [6, 6.07) is 4.62. The first-order valence-electron chi connectivity index (χ1n) is 10.4. The first-order chi connectivity index (χ1) is 13.8. The van der Waals surface area contributed by atoms with Gasteiger partial charge in [0.2, 0.25) is 0 Å². The quantitative estimate of drug-likeness (QED) is 0.379. The Labute approximate surface area is 180 Å². The fraction of sp³-hybridized carbons (Fsp3) is 0.619. The molecule has 0 saturated carbocycles. The first kappa shape index (κ1) is 23.0.